The van der Waals surface area contributed by atoms with E-state index in [-0.39, 0.29) is 11.8 Å². The first-order valence-corrected chi connectivity index (χ1v) is 9.07. The van der Waals surface area contributed by atoms with Gasteiger partial charge >= 0.3 is 0 Å². The van der Waals surface area contributed by atoms with Crippen LogP contribution in [0, 0.1) is 0 Å². The fraction of sp³-hybridized carbons (Fsp3) is 0.375. The molecule has 0 spiro atoms. The predicted octanol–water partition coefficient (Wildman–Crippen LogP) is 3.95. The summed E-state index contributed by atoms with van der Waals surface area (Å²) in [6, 6.07) is 5.35. The molecule has 1 aromatic heterocycles. The molecule has 1 N–H and O–H groups in total. The van der Waals surface area contributed by atoms with Gasteiger partial charge in [0, 0.05) is 41.2 Å². The highest BCUT2D eigenvalue weighted by Crippen LogP contribution is 2.36. The standard InChI is InChI=1S/C16H16Cl2N2O2S/c17-10-3-4-11-12(9-10)23-15(14(11)18)16(22)19-6-5-13(21)20-7-1-2-8-20/h3-4,9H,1-2,5-8H2,(H,19,22). The minimum atomic E-state index is -0.249. The molecule has 3 rings (SSSR count). The Kier molecular flexibility index (Phi) is 5.09. The molecule has 1 saturated heterocycles. The third-order valence-corrected chi connectivity index (χ3v) is 5.77. The summed E-state index contributed by atoms with van der Waals surface area (Å²) in [7, 11) is 0. The minimum Gasteiger partial charge on any atom is -0.351 e. The van der Waals surface area contributed by atoms with Gasteiger partial charge < -0.3 is 10.2 Å². The van der Waals surface area contributed by atoms with Crippen LogP contribution in [-0.2, 0) is 4.79 Å². The summed E-state index contributed by atoms with van der Waals surface area (Å²) in [5, 5.41) is 4.64. The van der Waals surface area contributed by atoms with Crippen LogP contribution in [0.25, 0.3) is 10.1 Å². The number of halogens is 2. The molecule has 1 aliphatic heterocycles. The smallest absolute Gasteiger partial charge is 0.262 e. The highest BCUT2D eigenvalue weighted by atomic mass is 35.5. The zero-order valence-corrected chi connectivity index (χ0v) is 14.7. The molecular formula is C16H16Cl2N2O2S. The molecule has 23 heavy (non-hydrogen) atoms. The SMILES string of the molecule is O=C(NCCC(=O)N1CCCC1)c1sc2cc(Cl)ccc2c1Cl. The predicted molar refractivity (Wildman–Crippen MR) is 94.6 cm³/mol. The Balaban J connectivity index is 1.62. The van der Waals surface area contributed by atoms with Crippen molar-refractivity contribution in [2.24, 2.45) is 0 Å². The highest BCUT2D eigenvalue weighted by molar-refractivity contribution is 7.21. The number of amides is 2. The maximum atomic E-state index is 12.3. The average Bonchev–Trinajstić information content (AvgIpc) is 3.15. The first-order chi connectivity index (χ1) is 11.1. The van der Waals surface area contributed by atoms with E-state index in [0.29, 0.717) is 27.9 Å². The van der Waals surface area contributed by atoms with Crippen molar-refractivity contribution in [1.82, 2.24) is 10.2 Å². The summed E-state index contributed by atoms with van der Waals surface area (Å²) in [6.07, 6.45) is 2.45. The van der Waals surface area contributed by atoms with Gasteiger partial charge in [-0.25, -0.2) is 0 Å². The Morgan fingerprint density at radius 3 is 2.70 bits per heavy atom. The van der Waals surface area contributed by atoms with E-state index < -0.39 is 0 Å². The van der Waals surface area contributed by atoms with Gasteiger partial charge in [-0.05, 0) is 25.0 Å². The summed E-state index contributed by atoms with van der Waals surface area (Å²) < 4.78 is 0.876. The fourth-order valence-corrected chi connectivity index (χ4v) is 4.38. The highest BCUT2D eigenvalue weighted by Gasteiger charge is 2.19. The minimum absolute atomic E-state index is 0.0945. The Hall–Kier alpha value is -1.30. The third kappa shape index (κ3) is 3.62. The van der Waals surface area contributed by atoms with E-state index >= 15 is 0 Å². The lowest BCUT2D eigenvalue weighted by atomic mass is 10.2. The number of benzene rings is 1. The normalized spacial score (nSPS) is 14.4. The van der Waals surface area contributed by atoms with Crippen LogP contribution >= 0.6 is 34.5 Å². The third-order valence-electron chi connectivity index (χ3n) is 3.88. The maximum absolute atomic E-state index is 12.3. The average molecular weight is 371 g/mol. The molecule has 0 saturated carbocycles. The van der Waals surface area contributed by atoms with Crippen molar-refractivity contribution < 1.29 is 9.59 Å². The number of nitrogens with zero attached hydrogens (tertiary/aromatic N) is 1. The van der Waals surface area contributed by atoms with E-state index in [2.05, 4.69) is 5.32 Å². The zero-order chi connectivity index (χ0) is 16.4. The van der Waals surface area contributed by atoms with E-state index in [1.807, 2.05) is 11.0 Å². The lowest BCUT2D eigenvalue weighted by Gasteiger charge is -2.15. The lowest BCUT2D eigenvalue weighted by Crippen LogP contribution is -2.32. The summed E-state index contributed by atoms with van der Waals surface area (Å²) in [6.45, 7) is 1.98. The molecule has 0 radical (unpaired) electrons. The number of carbonyl (C=O) groups is 2. The van der Waals surface area contributed by atoms with Crippen molar-refractivity contribution in [3.05, 3.63) is 33.1 Å². The monoisotopic (exact) mass is 370 g/mol. The van der Waals surface area contributed by atoms with Crippen molar-refractivity contribution in [1.29, 1.82) is 0 Å². The van der Waals surface area contributed by atoms with E-state index in [4.69, 9.17) is 23.2 Å². The van der Waals surface area contributed by atoms with E-state index in [0.717, 1.165) is 36.0 Å². The molecule has 1 aliphatic rings. The molecule has 122 valence electrons. The largest absolute Gasteiger partial charge is 0.351 e. The first kappa shape index (κ1) is 16.6. The molecule has 0 bridgehead atoms. The summed E-state index contributed by atoms with van der Waals surface area (Å²) >= 11 is 13.5. The van der Waals surface area contributed by atoms with Gasteiger partial charge in [-0.15, -0.1) is 11.3 Å². The molecular weight excluding hydrogens is 355 g/mol. The van der Waals surface area contributed by atoms with Crippen LogP contribution in [0.1, 0.15) is 28.9 Å². The van der Waals surface area contributed by atoms with Crippen molar-refractivity contribution in [2.45, 2.75) is 19.3 Å². The lowest BCUT2D eigenvalue weighted by molar-refractivity contribution is -0.129. The second-order valence-corrected chi connectivity index (χ2v) is 7.35. The van der Waals surface area contributed by atoms with E-state index in [9.17, 15) is 9.59 Å². The second-order valence-electron chi connectivity index (χ2n) is 5.48. The van der Waals surface area contributed by atoms with E-state index in [1.165, 1.54) is 11.3 Å². The summed E-state index contributed by atoms with van der Waals surface area (Å²) in [5.41, 5.74) is 0. The number of carbonyl (C=O) groups excluding carboxylic acids is 2. The molecule has 1 aromatic carbocycles. The van der Waals surface area contributed by atoms with Gasteiger partial charge in [-0.1, -0.05) is 29.3 Å². The van der Waals surface area contributed by atoms with Gasteiger partial charge in [0.1, 0.15) is 4.88 Å². The maximum Gasteiger partial charge on any atom is 0.262 e. The quantitative estimate of drug-likeness (QED) is 0.885. The molecule has 0 unspecified atom stereocenters. The van der Waals surface area contributed by atoms with Crippen LogP contribution < -0.4 is 5.32 Å². The first-order valence-electron chi connectivity index (χ1n) is 7.50. The fourth-order valence-electron chi connectivity index (χ4n) is 2.67. The molecule has 2 heterocycles. The van der Waals surface area contributed by atoms with Gasteiger partial charge in [0.2, 0.25) is 5.91 Å². The number of likely N-dealkylation sites (tertiary alicyclic amines) is 1. The number of nitrogens with one attached hydrogen (secondary N) is 1. The molecule has 2 aromatic rings. The molecule has 7 heteroatoms. The van der Waals surface area contributed by atoms with Crippen LogP contribution in [0.4, 0.5) is 0 Å². The number of hydrogen-bond acceptors (Lipinski definition) is 3. The topological polar surface area (TPSA) is 49.4 Å². The second kappa shape index (κ2) is 7.07. The van der Waals surface area contributed by atoms with Crippen molar-refractivity contribution in [2.75, 3.05) is 19.6 Å². The van der Waals surface area contributed by atoms with Crippen LogP contribution in [0.5, 0.6) is 0 Å². The Morgan fingerprint density at radius 1 is 1.22 bits per heavy atom. The van der Waals surface area contributed by atoms with Crippen LogP contribution in [0.15, 0.2) is 18.2 Å². The van der Waals surface area contributed by atoms with Crippen molar-refractivity contribution in [3.8, 4) is 0 Å². The van der Waals surface area contributed by atoms with Gasteiger partial charge in [-0.2, -0.15) is 0 Å². The number of rotatable bonds is 4. The van der Waals surface area contributed by atoms with Gasteiger partial charge in [0.15, 0.2) is 0 Å². The summed E-state index contributed by atoms with van der Waals surface area (Å²) in [5.74, 6) is -0.154. The molecule has 2 amide bonds. The van der Waals surface area contributed by atoms with Crippen molar-refractivity contribution >= 4 is 56.4 Å². The van der Waals surface area contributed by atoms with Gasteiger partial charge in [-0.3, -0.25) is 9.59 Å². The van der Waals surface area contributed by atoms with Gasteiger partial charge in [0.05, 0.1) is 5.02 Å². The van der Waals surface area contributed by atoms with Gasteiger partial charge in [0.25, 0.3) is 5.91 Å². The molecule has 1 fully saturated rings. The Morgan fingerprint density at radius 2 is 1.96 bits per heavy atom. The Labute approximate surface area is 148 Å². The van der Waals surface area contributed by atoms with Crippen LogP contribution in [0.2, 0.25) is 10.0 Å². The molecule has 0 aliphatic carbocycles. The molecule has 0 atom stereocenters. The van der Waals surface area contributed by atoms with Crippen LogP contribution in [-0.4, -0.2) is 36.3 Å². The number of thiophene rings is 1. The summed E-state index contributed by atoms with van der Waals surface area (Å²) in [4.78, 5) is 26.5. The van der Waals surface area contributed by atoms with Crippen LogP contribution in [0.3, 0.4) is 0 Å². The van der Waals surface area contributed by atoms with Crippen molar-refractivity contribution in [3.63, 3.8) is 0 Å². The zero-order valence-electron chi connectivity index (χ0n) is 12.4. The number of fused-ring (bicyclic) bond motifs is 1. The molecule has 4 nitrogen and oxygen atoms in total. The number of hydrogen-bond donors (Lipinski definition) is 1. The Bertz CT molecular complexity index is 754. The van der Waals surface area contributed by atoms with E-state index in [1.54, 1.807) is 12.1 Å².